The summed E-state index contributed by atoms with van der Waals surface area (Å²) in [4.78, 5) is 11.8. The second-order valence-corrected chi connectivity index (χ2v) is 7.68. The van der Waals surface area contributed by atoms with Crippen molar-refractivity contribution < 1.29 is 22.3 Å². The molecule has 0 bridgehead atoms. The fourth-order valence-corrected chi connectivity index (χ4v) is 3.73. The Kier molecular flexibility index (Phi) is 5.34. The first-order valence-electron chi connectivity index (χ1n) is 7.82. The van der Waals surface area contributed by atoms with Gasteiger partial charge in [0.15, 0.2) is 5.69 Å². The van der Waals surface area contributed by atoms with Crippen molar-refractivity contribution in [1.29, 1.82) is 0 Å². The quantitative estimate of drug-likeness (QED) is 0.675. The van der Waals surface area contributed by atoms with Gasteiger partial charge in [0, 0.05) is 6.07 Å². The molecule has 1 aromatic heterocycles. The average Bonchev–Trinajstić information content (AvgIpc) is 3.02. The van der Waals surface area contributed by atoms with E-state index in [0.29, 0.717) is 16.5 Å². The third-order valence-electron chi connectivity index (χ3n) is 3.85. The van der Waals surface area contributed by atoms with E-state index < -0.39 is 26.6 Å². The van der Waals surface area contributed by atoms with Crippen molar-refractivity contribution in [2.75, 3.05) is 7.11 Å². The lowest BCUT2D eigenvalue weighted by molar-refractivity contribution is 0.0976. The lowest BCUT2D eigenvalue weighted by Crippen LogP contribution is -2.32. The van der Waals surface area contributed by atoms with E-state index in [-0.39, 0.29) is 11.4 Å². The summed E-state index contributed by atoms with van der Waals surface area (Å²) in [6.45, 7) is 1.52. The molecule has 0 radical (unpaired) electrons. The van der Waals surface area contributed by atoms with Crippen LogP contribution in [0, 0.1) is 12.7 Å². The minimum atomic E-state index is -4.42. The highest BCUT2D eigenvalue weighted by molar-refractivity contribution is 7.90. The highest BCUT2D eigenvalue weighted by Gasteiger charge is 2.26. The molecular formula is C17H14ClFN4O4S. The number of hydrogen-bond donors (Lipinski definition) is 1. The maximum absolute atomic E-state index is 13.8. The molecule has 0 aliphatic heterocycles. The Morgan fingerprint density at radius 2 is 1.96 bits per heavy atom. The molecule has 0 aliphatic carbocycles. The molecule has 3 rings (SSSR count). The fourth-order valence-electron chi connectivity index (χ4n) is 2.44. The van der Waals surface area contributed by atoms with E-state index in [2.05, 4.69) is 10.3 Å². The zero-order valence-electron chi connectivity index (χ0n) is 14.7. The molecule has 0 unspecified atom stereocenters. The molecule has 0 saturated carbocycles. The standard InChI is InChI=1S/C17H14ClFN4O4S/c1-10-16(17(24)21-28(25,26)15-6-4-3-5-13(15)19)20-22-23(10)14-8-7-11(27-2)9-12(14)18/h3-9H,1-2H3,(H,21,24). The molecule has 3 aromatic rings. The molecule has 8 nitrogen and oxygen atoms in total. The Morgan fingerprint density at radius 3 is 2.61 bits per heavy atom. The topological polar surface area (TPSA) is 103 Å². The van der Waals surface area contributed by atoms with Crippen molar-refractivity contribution >= 4 is 27.5 Å². The van der Waals surface area contributed by atoms with Crippen LogP contribution in [0.2, 0.25) is 5.02 Å². The van der Waals surface area contributed by atoms with Crippen LogP contribution in [0.3, 0.4) is 0 Å². The van der Waals surface area contributed by atoms with E-state index in [1.165, 1.54) is 30.8 Å². The third-order valence-corrected chi connectivity index (χ3v) is 5.51. The van der Waals surface area contributed by atoms with Gasteiger partial charge in [-0.3, -0.25) is 4.79 Å². The van der Waals surface area contributed by atoms with Gasteiger partial charge in [-0.1, -0.05) is 28.9 Å². The van der Waals surface area contributed by atoms with Crippen LogP contribution in [-0.2, 0) is 10.0 Å². The number of rotatable bonds is 5. The molecule has 11 heteroatoms. The number of carbonyl (C=O) groups is 1. The number of carbonyl (C=O) groups excluding carboxylic acids is 1. The number of aromatic nitrogens is 3. The Bertz CT molecular complexity index is 1160. The zero-order chi connectivity index (χ0) is 20.5. The monoisotopic (exact) mass is 424 g/mol. The number of ether oxygens (including phenoxy) is 1. The van der Waals surface area contributed by atoms with Gasteiger partial charge in [-0.25, -0.2) is 22.2 Å². The molecule has 1 heterocycles. The lowest BCUT2D eigenvalue weighted by Gasteiger charge is -2.09. The van der Waals surface area contributed by atoms with Crippen LogP contribution in [-0.4, -0.2) is 36.4 Å². The van der Waals surface area contributed by atoms with Crippen LogP contribution in [0.1, 0.15) is 16.2 Å². The summed E-state index contributed by atoms with van der Waals surface area (Å²) in [5, 5.41) is 7.87. The predicted octanol–water partition coefficient (Wildman–Crippen LogP) is 2.50. The molecule has 0 saturated heterocycles. The number of halogens is 2. The van der Waals surface area contributed by atoms with Crippen LogP contribution in [0.4, 0.5) is 4.39 Å². The number of hydrogen-bond acceptors (Lipinski definition) is 6. The first-order chi connectivity index (χ1) is 13.2. The van der Waals surface area contributed by atoms with Gasteiger partial charge in [0.25, 0.3) is 15.9 Å². The minimum Gasteiger partial charge on any atom is -0.497 e. The molecule has 2 aromatic carbocycles. The average molecular weight is 425 g/mol. The molecule has 0 spiro atoms. The van der Waals surface area contributed by atoms with Crippen LogP contribution in [0.15, 0.2) is 47.4 Å². The third kappa shape index (κ3) is 3.69. The molecular weight excluding hydrogens is 411 g/mol. The van der Waals surface area contributed by atoms with Crippen LogP contribution in [0.5, 0.6) is 5.75 Å². The van der Waals surface area contributed by atoms with Gasteiger partial charge in [-0.05, 0) is 31.2 Å². The van der Waals surface area contributed by atoms with E-state index >= 15 is 0 Å². The van der Waals surface area contributed by atoms with E-state index in [1.807, 2.05) is 0 Å². The maximum Gasteiger partial charge on any atom is 0.287 e. The van der Waals surface area contributed by atoms with Gasteiger partial charge >= 0.3 is 0 Å². The van der Waals surface area contributed by atoms with E-state index in [4.69, 9.17) is 16.3 Å². The lowest BCUT2D eigenvalue weighted by atomic mass is 10.2. The highest BCUT2D eigenvalue weighted by atomic mass is 35.5. The fraction of sp³-hybridized carbons (Fsp3) is 0.118. The normalized spacial score (nSPS) is 11.3. The van der Waals surface area contributed by atoms with Gasteiger partial charge in [-0.15, -0.1) is 5.10 Å². The minimum absolute atomic E-state index is 0.244. The molecule has 0 aliphatic rings. The summed E-state index contributed by atoms with van der Waals surface area (Å²) in [7, 11) is -2.93. The Balaban J connectivity index is 1.92. The summed E-state index contributed by atoms with van der Waals surface area (Å²) < 4.78 is 46.5. The smallest absolute Gasteiger partial charge is 0.287 e. The second kappa shape index (κ2) is 7.56. The summed E-state index contributed by atoms with van der Waals surface area (Å²) in [5.41, 5.74) is 0.420. The van der Waals surface area contributed by atoms with Crippen molar-refractivity contribution in [2.24, 2.45) is 0 Å². The molecule has 28 heavy (non-hydrogen) atoms. The summed E-state index contributed by atoms with van der Waals surface area (Å²) >= 11 is 6.20. The number of amides is 1. The summed E-state index contributed by atoms with van der Waals surface area (Å²) in [5.74, 6) is -1.50. The molecule has 0 fully saturated rings. The Morgan fingerprint density at radius 1 is 1.25 bits per heavy atom. The number of benzene rings is 2. The summed E-state index contributed by atoms with van der Waals surface area (Å²) in [6.07, 6.45) is 0. The predicted molar refractivity (Wildman–Crippen MR) is 98.7 cm³/mol. The maximum atomic E-state index is 13.8. The van der Waals surface area contributed by atoms with Gasteiger partial charge in [0.2, 0.25) is 0 Å². The number of nitrogens with zero attached hydrogens (tertiary/aromatic N) is 3. The highest BCUT2D eigenvalue weighted by Crippen LogP contribution is 2.26. The Labute approximate surface area is 164 Å². The van der Waals surface area contributed by atoms with Gasteiger partial charge in [0.05, 0.1) is 23.5 Å². The zero-order valence-corrected chi connectivity index (χ0v) is 16.3. The molecule has 1 N–H and O–H groups in total. The van der Waals surface area contributed by atoms with Gasteiger partial charge < -0.3 is 4.74 Å². The van der Waals surface area contributed by atoms with Crippen molar-refractivity contribution in [3.8, 4) is 11.4 Å². The molecule has 146 valence electrons. The summed E-state index contributed by atoms with van der Waals surface area (Å²) in [6, 6.07) is 9.52. The SMILES string of the molecule is COc1ccc(-n2nnc(C(=O)NS(=O)(=O)c3ccccc3F)c2C)c(Cl)c1. The first-order valence-corrected chi connectivity index (χ1v) is 9.68. The van der Waals surface area contributed by atoms with Crippen molar-refractivity contribution in [2.45, 2.75) is 11.8 Å². The number of sulfonamides is 1. The van der Waals surface area contributed by atoms with E-state index in [0.717, 1.165) is 12.1 Å². The number of methoxy groups -OCH3 is 1. The molecule has 0 atom stereocenters. The Hall–Kier alpha value is -2.98. The van der Waals surface area contributed by atoms with Crippen LogP contribution in [0.25, 0.3) is 5.69 Å². The second-order valence-electron chi connectivity index (χ2n) is 5.62. The van der Waals surface area contributed by atoms with Crippen molar-refractivity contribution in [3.05, 3.63) is 64.7 Å². The first kappa shape index (κ1) is 19.8. The molecule has 1 amide bonds. The van der Waals surface area contributed by atoms with Crippen LogP contribution >= 0.6 is 11.6 Å². The van der Waals surface area contributed by atoms with Gasteiger partial charge in [0.1, 0.15) is 16.5 Å². The number of nitrogens with one attached hydrogen (secondary N) is 1. The van der Waals surface area contributed by atoms with E-state index in [1.54, 1.807) is 22.9 Å². The van der Waals surface area contributed by atoms with E-state index in [9.17, 15) is 17.6 Å². The van der Waals surface area contributed by atoms with Crippen molar-refractivity contribution in [3.63, 3.8) is 0 Å². The largest absolute Gasteiger partial charge is 0.497 e. The van der Waals surface area contributed by atoms with Crippen molar-refractivity contribution in [1.82, 2.24) is 19.7 Å². The van der Waals surface area contributed by atoms with Gasteiger partial charge in [-0.2, -0.15) is 0 Å². The van der Waals surface area contributed by atoms with Crippen LogP contribution < -0.4 is 9.46 Å².